The van der Waals surface area contributed by atoms with E-state index in [0.29, 0.717) is 19.8 Å². The topological polar surface area (TPSA) is 90.3 Å². The molecule has 0 aromatic heterocycles. The van der Waals surface area contributed by atoms with E-state index < -0.39 is 24.1 Å². The number of likely N-dealkylation sites (N-methyl/N-ethyl adjacent to an activating group) is 1. The van der Waals surface area contributed by atoms with Gasteiger partial charge in [-0.1, -0.05) is 0 Å². The molecular formula is C11H20N2O5. The Balaban J connectivity index is 2.56. The highest BCUT2D eigenvalue weighted by Gasteiger charge is 2.39. The lowest BCUT2D eigenvalue weighted by Crippen LogP contribution is -2.47. The van der Waals surface area contributed by atoms with E-state index in [1.807, 2.05) is 6.92 Å². The lowest BCUT2D eigenvalue weighted by atomic mass is 10.2. The number of carboxylic acid groups (broad SMARTS) is 1. The zero-order valence-electron chi connectivity index (χ0n) is 10.7. The van der Waals surface area contributed by atoms with Crippen molar-refractivity contribution in [3.05, 3.63) is 0 Å². The molecule has 0 saturated carbocycles. The third-order valence-corrected chi connectivity index (χ3v) is 2.91. The number of aliphatic hydroxyl groups excluding tert-OH is 1. The first-order valence-corrected chi connectivity index (χ1v) is 5.97. The number of carbonyl (C=O) groups excluding carboxylic acids is 1. The molecule has 0 bridgehead atoms. The van der Waals surface area contributed by atoms with Gasteiger partial charge in [0, 0.05) is 33.2 Å². The highest BCUT2D eigenvalue weighted by molar-refractivity contribution is 5.83. The van der Waals surface area contributed by atoms with Gasteiger partial charge < -0.3 is 24.7 Å². The Morgan fingerprint density at radius 3 is 2.72 bits per heavy atom. The van der Waals surface area contributed by atoms with E-state index in [1.54, 1.807) is 7.05 Å². The number of aliphatic hydroxyl groups is 1. The van der Waals surface area contributed by atoms with Crippen LogP contribution in [0.3, 0.4) is 0 Å². The number of rotatable bonds is 5. The lowest BCUT2D eigenvalue weighted by Gasteiger charge is -2.27. The number of hydrogen-bond donors (Lipinski definition) is 2. The van der Waals surface area contributed by atoms with E-state index >= 15 is 0 Å². The number of amides is 2. The summed E-state index contributed by atoms with van der Waals surface area (Å²) in [6, 6.07) is -1.33. The molecular weight excluding hydrogens is 240 g/mol. The first kappa shape index (κ1) is 14.7. The molecule has 0 spiro atoms. The zero-order chi connectivity index (χ0) is 13.7. The van der Waals surface area contributed by atoms with Gasteiger partial charge in [-0.2, -0.15) is 0 Å². The Morgan fingerprint density at radius 2 is 2.17 bits per heavy atom. The van der Waals surface area contributed by atoms with Crippen molar-refractivity contribution in [3.8, 4) is 0 Å². The van der Waals surface area contributed by atoms with Crippen LogP contribution in [-0.4, -0.2) is 77.5 Å². The second-order valence-corrected chi connectivity index (χ2v) is 4.30. The lowest BCUT2D eigenvalue weighted by molar-refractivity contribution is -0.141. The molecule has 0 aromatic rings. The van der Waals surface area contributed by atoms with Crippen LogP contribution < -0.4 is 0 Å². The Morgan fingerprint density at radius 1 is 1.50 bits per heavy atom. The largest absolute Gasteiger partial charge is 0.480 e. The molecule has 7 nitrogen and oxygen atoms in total. The third-order valence-electron chi connectivity index (χ3n) is 2.91. The summed E-state index contributed by atoms with van der Waals surface area (Å²) >= 11 is 0. The number of likely N-dealkylation sites (tertiary alicyclic amines) is 1. The number of β-amino-alcohol motifs (C(OH)–C–C–N with tert-alkyl or cyclic N) is 1. The molecule has 0 aliphatic carbocycles. The van der Waals surface area contributed by atoms with E-state index in [1.165, 1.54) is 9.80 Å². The molecule has 104 valence electrons. The Hall–Kier alpha value is -1.34. The summed E-state index contributed by atoms with van der Waals surface area (Å²) in [4.78, 5) is 25.6. The summed E-state index contributed by atoms with van der Waals surface area (Å²) in [7, 11) is 1.59. The minimum Gasteiger partial charge on any atom is -0.480 e. The van der Waals surface area contributed by atoms with E-state index in [9.17, 15) is 14.7 Å². The van der Waals surface area contributed by atoms with Crippen molar-refractivity contribution in [2.45, 2.75) is 25.5 Å². The average molecular weight is 260 g/mol. The van der Waals surface area contributed by atoms with Crippen LogP contribution in [0.2, 0.25) is 0 Å². The number of carboxylic acids is 1. The maximum atomic E-state index is 12.0. The predicted molar refractivity (Wildman–Crippen MR) is 63.3 cm³/mol. The van der Waals surface area contributed by atoms with Crippen LogP contribution in [-0.2, 0) is 9.53 Å². The van der Waals surface area contributed by atoms with Gasteiger partial charge in [-0.25, -0.2) is 9.59 Å². The number of hydrogen-bond acceptors (Lipinski definition) is 4. The Kier molecular flexibility index (Phi) is 5.36. The van der Waals surface area contributed by atoms with Crippen molar-refractivity contribution in [1.82, 2.24) is 9.80 Å². The molecule has 1 heterocycles. The molecule has 1 fully saturated rings. The monoisotopic (exact) mass is 260 g/mol. The van der Waals surface area contributed by atoms with Gasteiger partial charge >= 0.3 is 12.0 Å². The number of aliphatic carboxylic acids is 1. The number of ether oxygens (including phenoxy) is 1. The second-order valence-electron chi connectivity index (χ2n) is 4.30. The number of urea groups is 1. The highest BCUT2D eigenvalue weighted by atomic mass is 16.5. The van der Waals surface area contributed by atoms with Gasteiger partial charge in [-0.05, 0) is 6.92 Å². The summed E-state index contributed by atoms with van der Waals surface area (Å²) in [5.41, 5.74) is 0. The third kappa shape index (κ3) is 3.58. The Labute approximate surface area is 106 Å². The van der Waals surface area contributed by atoms with E-state index in [2.05, 4.69) is 0 Å². The molecule has 0 aromatic carbocycles. The van der Waals surface area contributed by atoms with Crippen molar-refractivity contribution in [2.24, 2.45) is 0 Å². The Bertz CT molecular complexity index is 310. The summed E-state index contributed by atoms with van der Waals surface area (Å²) in [6.45, 7) is 3.30. The summed E-state index contributed by atoms with van der Waals surface area (Å²) in [5, 5.41) is 18.5. The number of carbonyl (C=O) groups is 2. The van der Waals surface area contributed by atoms with Gasteiger partial charge in [-0.15, -0.1) is 0 Å². The van der Waals surface area contributed by atoms with Crippen LogP contribution in [0.4, 0.5) is 4.79 Å². The van der Waals surface area contributed by atoms with Crippen LogP contribution in [0.15, 0.2) is 0 Å². The molecule has 1 saturated heterocycles. The van der Waals surface area contributed by atoms with Crippen LogP contribution in [0.25, 0.3) is 0 Å². The van der Waals surface area contributed by atoms with Gasteiger partial charge in [0.1, 0.15) is 6.04 Å². The minimum atomic E-state index is -1.09. The van der Waals surface area contributed by atoms with Crippen molar-refractivity contribution >= 4 is 12.0 Å². The van der Waals surface area contributed by atoms with Crippen LogP contribution >= 0.6 is 0 Å². The normalized spacial score (nSPS) is 23.2. The molecule has 2 amide bonds. The molecule has 18 heavy (non-hydrogen) atoms. The summed E-state index contributed by atoms with van der Waals surface area (Å²) in [5.74, 6) is -1.09. The first-order chi connectivity index (χ1) is 8.47. The molecule has 1 aliphatic heterocycles. The first-order valence-electron chi connectivity index (χ1n) is 5.97. The fourth-order valence-electron chi connectivity index (χ4n) is 1.92. The van der Waals surface area contributed by atoms with Crippen LogP contribution in [0.1, 0.15) is 13.3 Å². The van der Waals surface area contributed by atoms with E-state index in [4.69, 9.17) is 9.84 Å². The van der Waals surface area contributed by atoms with Crippen LogP contribution in [0.5, 0.6) is 0 Å². The molecule has 7 heteroatoms. The van der Waals surface area contributed by atoms with Gasteiger partial charge in [0.25, 0.3) is 0 Å². The molecule has 2 N–H and O–H groups in total. The zero-order valence-corrected chi connectivity index (χ0v) is 10.7. The average Bonchev–Trinajstić information content (AvgIpc) is 2.70. The summed E-state index contributed by atoms with van der Waals surface area (Å²) < 4.78 is 5.13. The molecule has 0 radical (unpaired) electrons. The van der Waals surface area contributed by atoms with Crippen molar-refractivity contribution in [1.29, 1.82) is 0 Å². The second kappa shape index (κ2) is 6.55. The fraction of sp³-hybridized carbons (Fsp3) is 0.818. The maximum Gasteiger partial charge on any atom is 0.326 e. The summed E-state index contributed by atoms with van der Waals surface area (Å²) in [6.07, 6.45) is -0.684. The van der Waals surface area contributed by atoms with Gasteiger partial charge in [0.05, 0.1) is 12.7 Å². The van der Waals surface area contributed by atoms with Crippen molar-refractivity contribution in [3.63, 3.8) is 0 Å². The van der Waals surface area contributed by atoms with Crippen molar-refractivity contribution < 1.29 is 24.5 Å². The van der Waals surface area contributed by atoms with Crippen molar-refractivity contribution in [2.75, 3.05) is 33.4 Å². The predicted octanol–water partition coefficient (Wildman–Crippen LogP) is -0.405. The smallest absolute Gasteiger partial charge is 0.326 e. The molecule has 1 aliphatic rings. The minimum absolute atomic E-state index is 0.0643. The van der Waals surface area contributed by atoms with E-state index in [0.717, 1.165) is 0 Å². The maximum absolute atomic E-state index is 12.0. The highest BCUT2D eigenvalue weighted by Crippen LogP contribution is 2.19. The standard InChI is InChI=1S/C11H20N2O5/c1-3-18-5-4-12(2)11(17)13-7-8(14)6-9(13)10(15)16/h8-9,14H,3-7H2,1-2H3,(H,15,16)/t8?,9-/m0/s1. The van der Waals surface area contributed by atoms with E-state index in [-0.39, 0.29) is 13.0 Å². The van der Waals surface area contributed by atoms with Crippen LogP contribution in [0, 0.1) is 0 Å². The number of nitrogens with zero attached hydrogens (tertiary/aromatic N) is 2. The molecule has 1 rings (SSSR count). The van der Waals surface area contributed by atoms with Gasteiger partial charge in [-0.3, -0.25) is 0 Å². The quantitative estimate of drug-likeness (QED) is 0.656. The fourth-order valence-corrected chi connectivity index (χ4v) is 1.92. The van der Waals surface area contributed by atoms with Gasteiger partial charge in [0.15, 0.2) is 0 Å². The molecule has 2 atom stereocenters. The molecule has 1 unspecified atom stereocenters. The SMILES string of the molecule is CCOCCN(C)C(=O)N1CC(O)C[C@H]1C(=O)O. The van der Waals surface area contributed by atoms with Gasteiger partial charge in [0.2, 0.25) is 0 Å².